The summed E-state index contributed by atoms with van der Waals surface area (Å²) in [5.74, 6) is -6.00. The number of aromatic carboxylic acids is 1. The number of carbonyl (C=O) groups is 1. The van der Waals surface area contributed by atoms with Gasteiger partial charge in [-0.2, -0.15) is 0 Å². The van der Waals surface area contributed by atoms with Gasteiger partial charge < -0.3 is 5.11 Å². The molecule has 0 bridgehead atoms. The first-order chi connectivity index (χ1) is 7.29. The first kappa shape index (κ1) is 12.5. The molecule has 0 aliphatic carbocycles. The second kappa shape index (κ2) is 4.15. The predicted octanol–water partition coefficient (Wildman–Crippen LogP) is 3.23. The van der Waals surface area contributed by atoms with Crippen LogP contribution in [0.3, 0.4) is 0 Å². The van der Waals surface area contributed by atoms with Crippen molar-refractivity contribution in [2.45, 2.75) is 26.7 Å². The Balaban J connectivity index is 3.73. The zero-order chi connectivity index (χ0) is 12.6. The number of rotatable bonds is 2. The lowest BCUT2D eigenvalue weighted by molar-refractivity contribution is 0.0685. The molecule has 0 radical (unpaired) electrons. The molecule has 0 fully saturated rings. The van der Waals surface area contributed by atoms with E-state index >= 15 is 0 Å². The van der Waals surface area contributed by atoms with E-state index in [0.29, 0.717) is 0 Å². The predicted molar refractivity (Wildman–Crippen MR) is 52.1 cm³/mol. The van der Waals surface area contributed by atoms with Gasteiger partial charge in [-0.15, -0.1) is 0 Å². The lowest BCUT2D eigenvalue weighted by Crippen LogP contribution is -2.13. The van der Waals surface area contributed by atoms with E-state index in [9.17, 15) is 18.0 Å². The van der Waals surface area contributed by atoms with Crippen molar-refractivity contribution in [3.8, 4) is 0 Å². The number of benzene rings is 1. The SMILES string of the molecule is Cc1c(F)c(C(=O)O)c(F)c(C(C)C)c1F. The van der Waals surface area contributed by atoms with Gasteiger partial charge in [0.15, 0.2) is 0 Å². The molecule has 0 heterocycles. The number of hydrogen-bond acceptors (Lipinski definition) is 1. The molecular formula is C11H11F3O2. The molecule has 0 aromatic heterocycles. The summed E-state index contributed by atoms with van der Waals surface area (Å²) in [7, 11) is 0. The third-order valence-electron chi connectivity index (χ3n) is 2.36. The van der Waals surface area contributed by atoms with Crippen LogP contribution < -0.4 is 0 Å². The van der Waals surface area contributed by atoms with Gasteiger partial charge in [-0.05, 0) is 12.8 Å². The highest BCUT2D eigenvalue weighted by molar-refractivity contribution is 5.89. The van der Waals surface area contributed by atoms with E-state index in [1.807, 2.05) is 0 Å². The van der Waals surface area contributed by atoms with Crippen LogP contribution in [0, 0.1) is 24.4 Å². The smallest absolute Gasteiger partial charge is 0.341 e. The van der Waals surface area contributed by atoms with Crippen molar-refractivity contribution >= 4 is 5.97 Å². The Labute approximate surface area is 90.7 Å². The van der Waals surface area contributed by atoms with Gasteiger partial charge in [-0.3, -0.25) is 0 Å². The van der Waals surface area contributed by atoms with E-state index in [2.05, 4.69) is 0 Å². The molecular weight excluding hydrogens is 221 g/mol. The Kier molecular flexibility index (Phi) is 3.26. The molecule has 2 nitrogen and oxygen atoms in total. The molecule has 0 spiro atoms. The fourth-order valence-corrected chi connectivity index (χ4v) is 1.51. The van der Waals surface area contributed by atoms with Gasteiger partial charge in [0.25, 0.3) is 0 Å². The first-order valence-electron chi connectivity index (χ1n) is 4.69. The molecule has 0 aliphatic heterocycles. The van der Waals surface area contributed by atoms with E-state index in [4.69, 9.17) is 5.11 Å². The zero-order valence-corrected chi connectivity index (χ0v) is 9.07. The van der Waals surface area contributed by atoms with Gasteiger partial charge in [-0.1, -0.05) is 13.8 Å². The third-order valence-corrected chi connectivity index (χ3v) is 2.36. The summed E-state index contributed by atoms with van der Waals surface area (Å²) in [4.78, 5) is 10.7. The van der Waals surface area contributed by atoms with Crippen molar-refractivity contribution in [2.24, 2.45) is 0 Å². The van der Waals surface area contributed by atoms with Crippen molar-refractivity contribution < 1.29 is 23.1 Å². The molecule has 1 aromatic carbocycles. The van der Waals surface area contributed by atoms with E-state index in [1.165, 1.54) is 13.8 Å². The standard InChI is InChI=1S/C11H11F3O2/c1-4(2)6-8(12)5(3)9(13)7(10(6)14)11(15)16/h4H,1-3H3,(H,15,16). The molecule has 0 amide bonds. The third kappa shape index (κ3) is 1.77. The molecule has 0 saturated heterocycles. The highest BCUT2D eigenvalue weighted by Gasteiger charge is 2.27. The minimum absolute atomic E-state index is 0.392. The summed E-state index contributed by atoms with van der Waals surface area (Å²) >= 11 is 0. The topological polar surface area (TPSA) is 37.3 Å². The van der Waals surface area contributed by atoms with Crippen molar-refractivity contribution in [3.05, 3.63) is 34.1 Å². The summed E-state index contributed by atoms with van der Waals surface area (Å²) in [5.41, 5.74) is -1.96. The van der Waals surface area contributed by atoms with Crippen molar-refractivity contribution in [3.63, 3.8) is 0 Å². The lowest BCUT2D eigenvalue weighted by Gasteiger charge is -2.13. The molecule has 1 N–H and O–H groups in total. The molecule has 1 aromatic rings. The number of hydrogen-bond donors (Lipinski definition) is 1. The maximum atomic E-state index is 13.6. The zero-order valence-electron chi connectivity index (χ0n) is 9.07. The molecule has 0 atom stereocenters. The van der Waals surface area contributed by atoms with E-state index in [0.717, 1.165) is 6.92 Å². The largest absolute Gasteiger partial charge is 0.477 e. The van der Waals surface area contributed by atoms with Gasteiger partial charge in [0.2, 0.25) is 0 Å². The summed E-state index contributed by atoms with van der Waals surface area (Å²) in [6.45, 7) is 4.09. The van der Waals surface area contributed by atoms with Crippen LogP contribution in [0.25, 0.3) is 0 Å². The monoisotopic (exact) mass is 232 g/mol. The van der Waals surface area contributed by atoms with E-state index < -0.39 is 46.0 Å². The van der Waals surface area contributed by atoms with Gasteiger partial charge >= 0.3 is 5.97 Å². The highest BCUT2D eigenvalue weighted by Crippen LogP contribution is 2.29. The van der Waals surface area contributed by atoms with Gasteiger partial charge in [-0.25, -0.2) is 18.0 Å². The molecule has 0 unspecified atom stereocenters. The fourth-order valence-electron chi connectivity index (χ4n) is 1.51. The second-order valence-corrected chi connectivity index (χ2v) is 3.82. The van der Waals surface area contributed by atoms with Crippen LogP contribution in [0.1, 0.15) is 41.3 Å². The fraction of sp³-hybridized carbons (Fsp3) is 0.364. The summed E-state index contributed by atoms with van der Waals surface area (Å²) < 4.78 is 40.5. The van der Waals surface area contributed by atoms with Crippen molar-refractivity contribution in [1.29, 1.82) is 0 Å². The van der Waals surface area contributed by atoms with Gasteiger partial charge in [0.1, 0.15) is 23.0 Å². The maximum Gasteiger partial charge on any atom is 0.341 e. The summed E-state index contributed by atoms with van der Waals surface area (Å²) in [6.07, 6.45) is 0. The maximum absolute atomic E-state index is 13.6. The van der Waals surface area contributed by atoms with E-state index in [1.54, 1.807) is 0 Å². The average molecular weight is 232 g/mol. The molecule has 88 valence electrons. The van der Waals surface area contributed by atoms with Gasteiger partial charge in [0.05, 0.1) is 0 Å². The molecule has 1 rings (SSSR count). The Morgan fingerprint density at radius 1 is 1.12 bits per heavy atom. The molecule has 0 aliphatic rings. The van der Waals surface area contributed by atoms with Crippen LogP contribution in [0.15, 0.2) is 0 Å². The lowest BCUT2D eigenvalue weighted by atomic mass is 9.95. The number of carboxylic acid groups (broad SMARTS) is 1. The van der Waals surface area contributed by atoms with Crippen LogP contribution >= 0.6 is 0 Å². The van der Waals surface area contributed by atoms with Crippen LogP contribution in [0.2, 0.25) is 0 Å². The molecule has 5 heteroatoms. The van der Waals surface area contributed by atoms with Crippen LogP contribution in [0.4, 0.5) is 13.2 Å². The van der Waals surface area contributed by atoms with Crippen LogP contribution in [0.5, 0.6) is 0 Å². The number of halogens is 3. The molecule has 16 heavy (non-hydrogen) atoms. The summed E-state index contributed by atoms with van der Waals surface area (Å²) in [5, 5.41) is 8.67. The summed E-state index contributed by atoms with van der Waals surface area (Å²) in [6, 6.07) is 0. The first-order valence-corrected chi connectivity index (χ1v) is 4.69. The Morgan fingerprint density at radius 3 is 2.00 bits per heavy atom. The van der Waals surface area contributed by atoms with E-state index in [-0.39, 0.29) is 0 Å². The Morgan fingerprint density at radius 2 is 1.62 bits per heavy atom. The highest BCUT2D eigenvalue weighted by atomic mass is 19.1. The second-order valence-electron chi connectivity index (χ2n) is 3.82. The van der Waals surface area contributed by atoms with Crippen LogP contribution in [-0.4, -0.2) is 11.1 Å². The van der Waals surface area contributed by atoms with Crippen molar-refractivity contribution in [2.75, 3.05) is 0 Å². The molecule has 0 saturated carbocycles. The van der Waals surface area contributed by atoms with Crippen LogP contribution in [-0.2, 0) is 0 Å². The quantitative estimate of drug-likeness (QED) is 0.849. The Bertz CT molecular complexity index is 453. The normalized spacial score (nSPS) is 10.9. The average Bonchev–Trinajstić information content (AvgIpc) is 2.13. The minimum atomic E-state index is -1.74. The number of carboxylic acids is 1. The van der Waals surface area contributed by atoms with Crippen molar-refractivity contribution in [1.82, 2.24) is 0 Å². The minimum Gasteiger partial charge on any atom is -0.477 e. The Hall–Kier alpha value is -1.52. The van der Waals surface area contributed by atoms with Gasteiger partial charge in [0, 0.05) is 11.1 Å².